The third kappa shape index (κ3) is 4.10. The highest BCUT2D eigenvalue weighted by Gasteiger charge is 2.33. The molecule has 1 atom stereocenters. The topological polar surface area (TPSA) is 58.4 Å². The first-order chi connectivity index (χ1) is 15.2. The molecule has 1 amide bonds. The molecule has 1 aromatic heterocycles. The summed E-state index contributed by atoms with van der Waals surface area (Å²) >= 11 is 0. The molecular weight excluding hydrogens is 388 g/mol. The van der Waals surface area contributed by atoms with Crippen LogP contribution in [0.1, 0.15) is 23.1 Å². The smallest absolute Gasteiger partial charge is 0.269 e. The van der Waals surface area contributed by atoms with Crippen LogP contribution in [-0.4, -0.2) is 40.2 Å². The van der Waals surface area contributed by atoms with Crippen molar-refractivity contribution in [1.29, 1.82) is 0 Å². The van der Waals surface area contributed by atoms with Crippen LogP contribution in [0.5, 0.6) is 0 Å². The zero-order valence-electron chi connectivity index (χ0n) is 17.5. The van der Waals surface area contributed by atoms with Gasteiger partial charge in [0.2, 0.25) is 5.91 Å². The summed E-state index contributed by atoms with van der Waals surface area (Å²) in [6.45, 7) is 3.34. The van der Waals surface area contributed by atoms with Crippen molar-refractivity contribution in [3.63, 3.8) is 0 Å². The van der Waals surface area contributed by atoms with Gasteiger partial charge < -0.3 is 9.80 Å². The molecule has 0 N–H and O–H groups in total. The first kappa shape index (κ1) is 19.5. The molecule has 6 heteroatoms. The number of carbonyl (C=O) groups is 1. The highest BCUT2D eigenvalue weighted by Crippen LogP contribution is 2.26. The maximum atomic E-state index is 13.1. The fraction of sp³-hybridized carbons (Fsp3) is 0.320. The Labute approximate surface area is 181 Å². The summed E-state index contributed by atoms with van der Waals surface area (Å²) in [4.78, 5) is 29.8. The lowest BCUT2D eigenvalue weighted by atomic mass is 9.98. The Balaban J connectivity index is 1.24. The van der Waals surface area contributed by atoms with E-state index in [0.29, 0.717) is 19.6 Å². The molecule has 5 rings (SSSR count). The molecule has 2 aliphatic rings. The summed E-state index contributed by atoms with van der Waals surface area (Å²) < 4.78 is 1.47. The number of fused-ring (bicyclic) bond motifs is 1. The van der Waals surface area contributed by atoms with Crippen molar-refractivity contribution in [2.75, 3.05) is 24.5 Å². The molecule has 2 aliphatic heterocycles. The number of rotatable bonds is 4. The van der Waals surface area contributed by atoms with Crippen LogP contribution < -0.4 is 10.5 Å². The van der Waals surface area contributed by atoms with Crippen LogP contribution in [-0.2, 0) is 24.3 Å². The number of hydrogen-bond acceptors (Lipinski definition) is 4. The summed E-state index contributed by atoms with van der Waals surface area (Å²) in [6, 6.07) is 19.8. The minimum absolute atomic E-state index is 0.0305. The number of carbonyl (C=O) groups excluding carboxylic acids is 1. The quantitative estimate of drug-likeness (QED) is 0.659. The van der Waals surface area contributed by atoms with E-state index in [2.05, 4.69) is 28.2 Å². The SMILES string of the molecule is O=C(C1CCN(c2cnn(Cc3ccccc3)c(=O)c2)C1)N1CCc2ccccc2C1. The predicted octanol–water partition coefficient (Wildman–Crippen LogP) is 2.70. The standard InChI is InChI=1S/C25H26N4O2/c30-24-14-23(15-26-29(24)16-19-6-2-1-3-7-19)27-12-11-22(18-27)25(31)28-13-10-20-8-4-5-9-21(20)17-28/h1-9,14-15,22H,10-13,16-18H2. The summed E-state index contributed by atoms with van der Waals surface area (Å²) in [5, 5.41) is 4.37. The molecule has 6 nitrogen and oxygen atoms in total. The lowest BCUT2D eigenvalue weighted by molar-refractivity contribution is -0.135. The van der Waals surface area contributed by atoms with Gasteiger partial charge in [0.05, 0.1) is 24.3 Å². The fourth-order valence-electron chi connectivity index (χ4n) is 4.61. The van der Waals surface area contributed by atoms with Crippen LogP contribution in [0, 0.1) is 5.92 Å². The van der Waals surface area contributed by atoms with E-state index in [1.807, 2.05) is 41.3 Å². The first-order valence-electron chi connectivity index (χ1n) is 10.9. The second-order valence-electron chi connectivity index (χ2n) is 8.41. The van der Waals surface area contributed by atoms with Crippen LogP contribution in [0.4, 0.5) is 5.69 Å². The Morgan fingerprint density at radius 2 is 1.77 bits per heavy atom. The van der Waals surface area contributed by atoms with E-state index in [1.165, 1.54) is 15.8 Å². The van der Waals surface area contributed by atoms with Gasteiger partial charge in [-0.25, -0.2) is 4.68 Å². The number of nitrogens with zero attached hydrogens (tertiary/aromatic N) is 4. The molecule has 3 aromatic rings. The van der Waals surface area contributed by atoms with Gasteiger partial charge in [0.25, 0.3) is 5.56 Å². The molecule has 3 heterocycles. The molecule has 0 radical (unpaired) electrons. The molecule has 1 unspecified atom stereocenters. The largest absolute Gasteiger partial charge is 0.369 e. The molecule has 0 saturated carbocycles. The average molecular weight is 415 g/mol. The number of benzene rings is 2. The van der Waals surface area contributed by atoms with E-state index < -0.39 is 0 Å². The van der Waals surface area contributed by atoms with Crippen LogP contribution in [0.2, 0.25) is 0 Å². The van der Waals surface area contributed by atoms with Crippen molar-refractivity contribution in [1.82, 2.24) is 14.7 Å². The molecule has 158 valence electrons. The van der Waals surface area contributed by atoms with E-state index in [4.69, 9.17) is 0 Å². The third-order valence-electron chi connectivity index (χ3n) is 6.38. The average Bonchev–Trinajstić information content (AvgIpc) is 3.30. The van der Waals surface area contributed by atoms with Gasteiger partial charge in [-0.15, -0.1) is 0 Å². The molecule has 1 saturated heterocycles. The molecular formula is C25H26N4O2. The maximum Gasteiger partial charge on any atom is 0.269 e. The first-order valence-corrected chi connectivity index (χ1v) is 10.9. The zero-order valence-corrected chi connectivity index (χ0v) is 17.5. The summed E-state index contributed by atoms with van der Waals surface area (Å²) in [5.74, 6) is 0.194. The normalized spacial score (nSPS) is 18.1. The van der Waals surface area contributed by atoms with Crippen molar-refractivity contribution in [3.05, 3.63) is 93.9 Å². The lowest BCUT2D eigenvalue weighted by Crippen LogP contribution is -2.40. The van der Waals surface area contributed by atoms with Gasteiger partial charge in [-0.1, -0.05) is 54.6 Å². The number of amides is 1. The van der Waals surface area contributed by atoms with Gasteiger partial charge in [-0.2, -0.15) is 5.10 Å². The number of hydrogen-bond donors (Lipinski definition) is 0. The minimum atomic E-state index is -0.122. The highest BCUT2D eigenvalue weighted by molar-refractivity contribution is 5.80. The molecule has 31 heavy (non-hydrogen) atoms. The van der Waals surface area contributed by atoms with E-state index >= 15 is 0 Å². The van der Waals surface area contributed by atoms with E-state index in [0.717, 1.165) is 37.2 Å². The van der Waals surface area contributed by atoms with E-state index in [9.17, 15) is 9.59 Å². The Morgan fingerprint density at radius 3 is 2.58 bits per heavy atom. The van der Waals surface area contributed by atoms with Gasteiger partial charge in [-0.3, -0.25) is 9.59 Å². The Morgan fingerprint density at radius 1 is 1.00 bits per heavy atom. The predicted molar refractivity (Wildman–Crippen MR) is 120 cm³/mol. The zero-order chi connectivity index (χ0) is 21.2. The molecule has 0 spiro atoms. The minimum Gasteiger partial charge on any atom is -0.369 e. The summed E-state index contributed by atoms with van der Waals surface area (Å²) in [7, 11) is 0. The number of aromatic nitrogens is 2. The molecule has 0 aliphatic carbocycles. The lowest BCUT2D eigenvalue weighted by Gasteiger charge is -2.31. The van der Waals surface area contributed by atoms with E-state index in [1.54, 1.807) is 12.3 Å². The van der Waals surface area contributed by atoms with E-state index in [-0.39, 0.29) is 17.4 Å². The Kier molecular flexibility index (Phi) is 5.28. The van der Waals surface area contributed by atoms with Gasteiger partial charge in [0.1, 0.15) is 0 Å². The fourth-order valence-corrected chi connectivity index (χ4v) is 4.61. The molecule has 1 fully saturated rings. The van der Waals surface area contributed by atoms with Gasteiger partial charge in [-0.05, 0) is 29.5 Å². The van der Waals surface area contributed by atoms with Gasteiger partial charge in [0.15, 0.2) is 0 Å². The van der Waals surface area contributed by atoms with Gasteiger partial charge in [0, 0.05) is 32.2 Å². The van der Waals surface area contributed by atoms with Crippen LogP contribution in [0.3, 0.4) is 0 Å². The van der Waals surface area contributed by atoms with Crippen molar-refractivity contribution in [3.8, 4) is 0 Å². The van der Waals surface area contributed by atoms with Crippen LogP contribution >= 0.6 is 0 Å². The van der Waals surface area contributed by atoms with Crippen LogP contribution in [0.15, 0.2) is 71.7 Å². The molecule has 0 bridgehead atoms. The van der Waals surface area contributed by atoms with Gasteiger partial charge >= 0.3 is 0 Å². The maximum absolute atomic E-state index is 13.1. The number of anilines is 1. The summed E-state index contributed by atoms with van der Waals surface area (Å²) in [5.41, 5.74) is 4.32. The summed E-state index contributed by atoms with van der Waals surface area (Å²) in [6.07, 6.45) is 3.47. The second-order valence-corrected chi connectivity index (χ2v) is 8.41. The Bertz CT molecular complexity index is 1140. The molecule has 2 aromatic carbocycles. The van der Waals surface area contributed by atoms with Crippen molar-refractivity contribution >= 4 is 11.6 Å². The second kappa shape index (κ2) is 8.38. The third-order valence-corrected chi connectivity index (χ3v) is 6.38. The highest BCUT2D eigenvalue weighted by atomic mass is 16.2. The van der Waals surface area contributed by atoms with Crippen molar-refractivity contribution in [2.45, 2.75) is 25.9 Å². The van der Waals surface area contributed by atoms with Crippen molar-refractivity contribution in [2.24, 2.45) is 5.92 Å². The van der Waals surface area contributed by atoms with Crippen LogP contribution in [0.25, 0.3) is 0 Å². The Hall–Kier alpha value is -3.41. The van der Waals surface area contributed by atoms with Crippen molar-refractivity contribution < 1.29 is 4.79 Å². The monoisotopic (exact) mass is 414 g/mol.